The third-order valence-corrected chi connectivity index (χ3v) is 1.79. The predicted octanol–water partition coefficient (Wildman–Crippen LogP) is -1.16. The van der Waals surface area contributed by atoms with Gasteiger partial charge in [-0.15, -0.1) is 6.58 Å². The van der Waals surface area contributed by atoms with E-state index in [0.717, 1.165) is 0 Å². The first-order valence-electron chi connectivity index (χ1n) is 4.53. The molecule has 0 aliphatic carbocycles. The normalized spacial score (nSPS) is 14.0. The highest BCUT2D eigenvalue weighted by molar-refractivity contribution is 5.86. The summed E-state index contributed by atoms with van der Waals surface area (Å²) in [6.07, 6.45) is 1.71. The van der Waals surface area contributed by atoms with Gasteiger partial charge in [0.15, 0.2) is 0 Å². The average Bonchev–Trinajstić information content (AvgIpc) is 2.17. The number of aliphatic hydroxyl groups excluding tert-OH is 1. The number of aliphatic carboxylic acids is 1. The van der Waals surface area contributed by atoms with Gasteiger partial charge in [0.2, 0.25) is 5.91 Å². The molecule has 0 heterocycles. The maximum Gasteiger partial charge on any atom is 0.326 e. The standard InChI is InChI=1S/C9H16N2O4/c1-2-3-6(10)8(13)11-7(4-5-12)9(14)15/h2,6-7,12H,1,3-5,10H2,(H,11,13)(H,14,15). The van der Waals surface area contributed by atoms with E-state index in [-0.39, 0.29) is 19.4 Å². The number of hydrogen-bond donors (Lipinski definition) is 4. The Morgan fingerprint density at radius 2 is 2.13 bits per heavy atom. The van der Waals surface area contributed by atoms with Crippen molar-refractivity contribution in [1.29, 1.82) is 0 Å². The fourth-order valence-electron chi connectivity index (χ4n) is 0.952. The number of hydrogen-bond acceptors (Lipinski definition) is 4. The van der Waals surface area contributed by atoms with E-state index in [4.69, 9.17) is 15.9 Å². The van der Waals surface area contributed by atoms with Crippen LogP contribution >= 0.6 is 0 Å². The van der Waals surface area contributed by atoms with E-state index in [1.807, 2.05) is 0 Å². The lowest BCUT2D eigenvalue weighted by Crippen LogP contribution is -2.48. The number of nitrogens with two attached hydrogens (primary N) is 1. The van der Waals surface area contributed by atoms with Gasteiger partial charge in [-0.25, -0.2) is 4.79 Å². The van der Waals surface area contributed by atoms with Crippen molar-refractivity contribution in [2.24, 2.45) is 5.73 Å². The lowest BCUT2D eigenvalue weighted by molar-refractivity contribution is -0.142. The summed E-state index contributed by atoms with van der Waals surface area (Å²) in [5.74, 6) is -1.75. The third-order valence-electron chi connectivity index (χ3n) is 1.79. The minimum atomic E-state index is -1.19. The molecule has 86 valence electrons. The molecule has 0 saturated carbocycles. The van der Waals surface area contributed by atoms with Crippen LogP contribution in [0.25, 0.3) is 0 Å². The predicted molar refractivity (Wildman–Crippen MR) is 54.1 cm³/mol. The maximum atomic E-state index is 11.3. The zero-order valence-electron chi connectivity index (χ0n) is 8.35. The van der Waals surface area contributed by atoms with Gasteiger partial charge in [0.1, 0.15) is 6.04 Å². The van der Waals surface area contributed by atoms with E-state index in [2.05, 4.69) is 11.9 Å². The van der Waals surface area contributed by atoms with Crippen molar-refractivity contribution in [1.82, 2.24) is 5.32 Å². The molecule has 0 aliphatic rings. The molecule has 0 aromatic rings. The molecule has 0 fully saturated rings. The summed E-state index contributed by atoms with van der Waals surface area (Å²) in [6.45, 7) is 3.11. The highest BCUT2D eigenvalue weighted by atomic mass is 16.4. The first kappa shape index (κ1) is 13.6. The van der Waals surface area contributed by atoms with E-state index in [1.54, 1.807) is 0 Å². The van der Waals surface area contributed by atoms with Crippen LogP contribution in [0.2, 0.25) is 0 Å². The van der Waals surface area contributed by atoms with E-state index in [9.17, 15) is 9.59 Å². The van der Waals surface area contributed by atoms with Gasteiger partial charge in [-0.3, -0.25) is 4.79 Å². The zero-order chi connectivity index (χ0) is 11.8. The summed E-state index contributed by atoms with van der Waals surface area (Å²) in [5.41, 5.74) is 5.43. The number of rotatable bonds is 7. The summed E-state index contributed by atoms with van der Waals surface area (Å²) >= 11 is 0. The van der Waals surface area contributed by atoms with Crippen LogP contribution in [0.4, 0.5) is 0 Å². The van der Waals surface area contributed by atoms with Gasteiger partial charge >= 0.3 is 5.97 Å². The average molecular weight is 216 g/mol. The number of carboxylic acid groups (broad SMARTS) is 1. The molecule has 0 aromatic carbocycles. The van der Waals surface area contributed by atoms with Crippen molar-refractivity contribution in [2.75, 3.05) is 6.61 Å². The lowest BCUT2D eigenvalue weighted by Gasteiger charge is -2.15. The van der Waals surface area contributed by atoms with E-state index in [0.29, 0.717) is 0 Å². The molecule has 0 radical (unpaired) electrons. The number of carbonyl (C=O) groups is 2. The van der Waals surface area contributed by atoms with Gasteiger partial charge in [0.25, 0.3) is 0 Å². The first-order valence-corrected chi connectivity index (χ1v) is 4.53. The van der Waals surface area contributed by atoms with Gasteiger partial charge in [-0.05, 0) is 6.42 Å². The minimum absolute atomic E-state index is 0.0398. The molecule has 0 aliphatic heterocycles. The van der Waals surface area contributed by atoms with Gasteiger partial charge < -0.3 is 21.3 Å². The fraction of sp³-hybridized carbons (Fsp3) is 0.556. The summed E-state index contributed by atoms with van der Waals surface area (Å²) in [7, 11) is 0. The topological polar surface area (TPSA) is 113 Å². The van der Waals surface area contributed by atoms with Crippen LogP contribution in [0, 0.1) is 0 Å². The van der Waals surface area contributed by atoms with E-state index >= 15 is 0 Å². The monoisotopic (exact) mass is 216 g/mol. The van der Waals surface area contributed by atoms with Crippen LogP contribution in [0.1, 0.15) is 12.8 Å². The number of aliphatic hydroxyl groups is 1. The van der Waals surface area contributed by atoms with Crippen LogP contribution < -0.4 is 11.1 Å². The Morgan fingerprint density at radius 1 is 1.53 bits per heavy atom. The van der Waals surface area contributed by atoms with Crippen LogP contribution in [0.5, 0.6) is 0 Å². The molecule has 2 atom stereocenters. The van der Waals surface area contributed by atoms with Gasteiger partial charge in [-0.2, -0.15) is 0 Å². The molecule has 0 bridgehead atoms. The molecular weight excluding hydrogens is 200 g/mol. The lowest BCUT2D eigenvalue weighted by atomic mass is 10.1. The molecule has 6 nitrogen and oxygen atoms in total. The van der Waals surface area contributed by atoms with Crippen LogP contribution in [-0.2, 0) is 9.59 Å². The Labute approximate surface area is 87.8 Å². The van der Waals surface area contributed by atoms with Crippen LogP contribution in [-0.4, -0.2) is 40.8 Å². The molecule has 15 heavy (non-hydrogen) atoms. The van der Waals surface area contributed by atoms with Gasteiger partial charge in [0.05, 0.1) is 6.04 Å². The van der Waals surface area contributed by atoms with Crippen molar-refractivity contribution in [2.45, 2.75) is 24.9 Å². The number of carboxylic acids is 1. The minimum Gasteiger partial charge on any atom is -0.480 e. The first-order chi connectivity index (χ1) is 7.02. The Morgan fingerprint density at radius 3 is 2.53 bits per heavy atom. The zero-order valence-corrected chi connectivity index (χ0v) is 8.35. The van der Waals surface area contributed by atoms with E-state index in [1.165, 1.54) is 6.08 Å². The molecule has 2 unspecified atom stereocenters. The van der Waals surface area contributed by atoms with Crippen LogP contribution in [0.3, 0.4) is 0 Å². The molecular formula is C9H16N2O4. The Balaban J connectivity index is 4.21. The second-order valence-corrected chi connectivity index (χ2v) is 3.04. The number of carbonyl (C=O) groups excluding carboxylic acids is 1. The largest absolute Gasteiger partial charge is 0.480 e. The second kappa shape index (κ2) is 6.97. The SMILES string of the molecule is C=CCC(N)C(=O)NC(CCO)C(=O)O. The van der Waals surface area contributed by atoms with Crippen molar-refractivity contribution in [3.8, 4) is 0 Å². The highest BCUT2D eigenvalue weighted by Crippen LogP contribution is 1.95. The summed E-state index contributed by atoms with van der Waals surface area (Å²) in [4.78, 5) is 21.9. The molecule has 6 heteroatoms. The van der Waals surface area contributed by atoms with Gasteiger partial charge in [0, 0.05) is 13.0 Å². The number of nitrogens with one attached hydrogen (secondary N) is 1. The summed E-state index contributed by atoms with van der Waals surface area (Å²) in [5, 5.41) is 19.5. The summed E-state index contributed by atoms with van der Waals surface area (Å²) < 4.78 is 0. The molecule has 0 saturated heterocycles. The second-order valence-electron chi connectivity index (χ2n) is 3.04. The van der Waals surface area contributed by atoms with Crippen molar-refractivity contribution in [3.05, 3.63) is 12.7 Å². The molecule has 1 amide bonds. The van der Waals surface area contributed by atoms with Crippen molar-refractivity contribution < 1.29 is 19.8 Å². The maximum absolute atomic E-state index is 11.3. The highest BCUT2D eigenvalue weighted by Gasteiger charge is 2.21. The third kappa shape index (κ3) is 5.14. The van der Waals surface area contributed by atoms with Crippen molar-refractivity contribution in [3.63, 3.8) is 0 Å². The molecule has 5 N–H and O–H groups in total. The number of amides is 1. The summed E-state index contributed by atoms with van der Waals surface area (Å²) in [6, 6.07) is -1.90. The smallest absolute Gasteiger partial charge is 0.326 e. The molecule has 0 aromatic heterocycles. The van der Waals surface area contributed by atoms with Crippen molar-refractivity contribution >= 4 is 11.9 Å². The quantitative estimate of drug-likeness (QED) is 0.401. The van der Waals surface area contributed by atoms with E-state index < -0.39 is 24.0 Å². The van der Waals surface area contributed by atoms with Gasteiger partial charge in [-0.1, -0.05) is 6.08 Å². The fourth-order valence-corrected chi connectivity index (χ4v) is 0.952. The Bertz CT molecular complexity index is 242. The molecule has 0 spiro atoms. The Kier molecular flexibility index (Phi) is 6.32. The Hall–Kier alpha value is -1.40. The molecule has 0 rings (SSSR count). The van der Waals surface area contributed by atoms with Crippen LogP contribution in [0.15, 0.2) is 12.7 Å².